The van der Waals surface area contributed by atoms with E-state index in [1.165, 1.54) is 6.92 Å². The van der Waals surface area contributed by atoms with Crippen LogP contribution < -0.4 is 0 Å². The fraction of sp³-hybridized carbons (Fsp3) is 0.903. The average Bonchev–Trinajstić information content (AvgIpc) is 3.19. The highest BCUT2D eigenvalue weighted by molar-refractivity contribution is 5.73. The molecular weight excluding hydrogens is 578 g/mol. The SMILES string of the molecule is CC[C@H]1OC(=O)[C@H](C)[C@@H](O)[C@H](C)[C@@H](O[C@@H]2O[C@H](C)C[C@H](N(C)C)[C@H]2O)C2(C)C[C@@H](C)[C@H](OC(=O)O2)[C@H](C)[C@H]2OC(=O)O[C@@]21C. The van der Waals surface area contributed by atoms with Crippen molar-refractivity contribution in [3.05, 3.63) is 0 Å². The van der Waals surface area contributed by atoms with E-state index in [0.717, 1.165) is 0 Å². The van der Waals surface area contributed by atoms with Gasteiger partial charge in [-0.2, -0.15) is 0 Å². The lowest BCUT2D eigenvalue weighted by molar-refractivity contribution is -0.298. The fourth-order valence-corrected chi connectivity index (χ4v) is 7.82. The molecule has 252 valence electrons. The molecule has 4 aliphatic rings. The second-order valence-electron chi connectivity index (χ2n) is 14.0. The summed E-state index contributed by atoms with van der Waals surface area (Å²) in [5.41, 5.74) is -2.78. The molecular formula is C31H51NO12. The van der Waals surface area contributed by atoms with Crippen LogP contribution in [-0.4, -0.2) is 114 Å². The third-order valence-corrected chi connectivity index (χ3v) is 10.3. The summed E-state index contributed by atoms with van der Waals surface area (Å²) in [5.74, 6) is -3.51. The molecule has 4 heterocycles. The molecule has 0 spiro atoms. The van der Waals surface area contributed by atoms with E-state index < -0.39 is 90.1 Å². The van der Waals surface area contributed by atoms with E-state index in [1.807, 2.05) is 32.8 Å². The predicted molar refractivity (Wildman–Crippen MR) is 154 cm³/mol. The summed E-state index contributed by atoms with van der Waals surface area (Å²) >= 11 is 0. The molecule has 0 saturated carbocycles. The number of carbonyl (C=O) groups excluding carboxylic acids is 3. The number of carbonyl (C=O) groups is 3. The minimum atomic E-state index is -1.39. The Kier molecular flexibility index (Phi) is 10.2. The zero-order chi connectivity index (χ0) is 32.9. The lowest BCUT2D eigenvalue weighted by atomic mass is 9.73. The van der Waals surface area contributed by atoms with Crippen molar-refractivity contribution in [2.24, 2.45) is 23.7 Å². The molecule has 4 fully saturated rings. The Morgan fingerprint density at radius 3 is 2.16 bits per heavy atom. The van der Waals surface area contributed by atoms with Gasteiger partial charge in [-0.25, -0.2) is 9.59 Å². The molecule has 0 aliphatic carbocycles. The van der Waals surface area contributed by atoms with Gasteiger partial charge < -0.3 is 48.3 Å². The van der Waals surface area contributed by atoms with Gasteiger partial charge in [0, 0.05) is 17.9 Å². The molecule has 1 unspecified atom stereocenters. The Morgan fingerprint density at radius 2 is 1.55 bits per heavy atom. The van der Waals surface area contributed by atoms with E-state index >= 15 is 0 Å². The Balaban J connectivity index is 1.80. The molecule has 2 bridgehead atoms. The number of aliphatic hydroxyl groups excluding tert-OH is 2. The van der Waals surface area contributed by atoms with E-state index in [4.69, 9.17) is 33.2 Å². The molecule has 0 aromatic carbocycles. The number of fused-ring (bicyclic) bond motifs is 4. The summed E-state index contributed by atoms with van der Waals surface area (Å²) in [7, 11) is 3.72. The van der Waals surface area contributed by atoms with Gasteiger partial charge in [0.05, 0.1) is 18.1 Å². The number of cyclic esters (lactones) is 1. The van der Waals surface area contributed by atoms with Gasteiger partial charge in [0.25, 0.3) is 0 Å². The maximum absolute atomic E-state index is 13.5. The molecule has 4 aliphatic heterocycles. The van der Waals surface area contributed by atoms with Crippen LogP contribution in [-0.2, 0) is 38.0 Å². The van der Waals surface area contributed by atoms with Gasteiger partial charge in [0.15, 0.2) is 18.0 Å². The minimum Gasteiger partial charge on any atom is -0.458 e. The zero-order valence-electron chi connectivity index (χ0n) is 27.6. The summed E-state index contributed by atoms with van der Waals surface area (Å²) in [6, 6.07) is -0.273. The Morgan fingerprint density at radius 1 is 0.909 bits per heavy atom. The van der Waals surface area contributed by atoms with Gasteiger partial charge >= 0.3 is 18.3 Å². The number of aliphatic hydroxyl groups is 2. The smallest absolute Gasteiger partial charge is 0.458 e. The van der Waals surface area contributed by atoms with E-state index in [-0.39, 0.29) is 30.9 Å². The lowest BCUT2D eigenvalue weighted by Gasteiger charge is -2.47. The molecule has 4 saturated heterocycles. The molecule has 4 rings (SSSR count). The number of nitrogens with zero attached hydrogens (tertiary/aromatic N) is 1. The minimum absolute atomic E-state index is 0.221. The Labute approximate surface area is 259 Å². The van der Waals surface area contributed by atoms with Gasteiger partial charge in [-0.3, -0.25) is 4.79 Å². The van der Waals surface area contributed by atoms with Crippen molar-refractivity contribution in [3.8, 4) is 0 Å². The molecule has 2 N–H and O–H groups in total. The Bertz CT molecular complexity index is 1070. The number of esters is 1. The highest BCUT2D eigenvalue weighted by atomic mass is 16.8. The van der Waals surface area contributed by atoms with Crippen LogP contribution in [0.3, 0.4) is 0 Å². The summed E-state index contributed by atoms with van der Waals surface area (Å²) in [5, 5.41) is 22.9. The molecule has 0 aromatic rings. The van der Waals surface area contributed by atoms with Crippen LogP contribution in [0.2, 0.25) is 0 Å². The summed E-state index contributed by atoms with van der Waals surface area (Å²) in [4.78, 5) is 41.3. The van der Waals surface area contributed by atoms with E-state index in [1.54, 1.807) is 34.6 Å². The standard InChI is InChI=1S/C31H51NO12/c1-11-20-31(8)25(42-29(37)44-31)18(6)23-14(2)13-30(7,43-28(36)40-23)24(16(4)21(33)17(5)26(35)39-20)41-27-22(34)19(32(9)10)12-15(3)38-27/h14-25,27,33-34H,11-13H2,1-10H3/t14-,15-,16+,17-,18+,19+,20-,21+,22-,23+,24-,25-,27+,30?,31-/m1/s1. The fourth-order valence-electron chi connectivity index (χ4n) is 7.82. The van der Waals surface area contributed by atoms with Crippen LogP contribution in [0.1, 0.15) is 74.7 Å². The molecule has 15 atom stereocenters. The third-order valence-electron chi connectivity index (χ3n) is 10.3. The Hall–Kier alpha value is -2.19. The van der Waals surface area contributed by atoms with Crippen molar-refractivity contribution < 1.29 is 57.8 Å². The lowest BCUT2D eigenvalue weighted by Crippen LogP contribution is -2.60. The first-order valence-electron chi connectivity index (χ1n) is 15.8. The van der Waals surface area contributed by atoms with Crippen LogP contribution in [0.15, 0.2) is 0 Å². The topological polar surface area (TPSA) is 160 Å². The van der Waals surface area contributed by atoms with E-state index in [0.29, 0.717) is 6.42 Å². The third kappa shape index (κ3) is 6.40. The first-order chi connectivity index (χ1) is 20.4. The van der Waals surface area contributed by atoms with E-state index in [2.05, 4.69) is 0 Å². The maximum atomic E-state index is 13.5. The molecule has 44 heavy (non-hydrogen) atoms. The first kappa shape index (κ1) is 34.7. The van der Waals surface area contributed by atoms with Crippen LogP contribution in [0.5, 0.6) is 0 Å². The molecule has 0 amide bonds. The number of likely N-dealkylation sites (N-methyl/N-ethyl adjacent to an activating group) is 1. The molecule has 13 nitrogen and oxygen atoms in total. The van der Waals surface area contributed by atoms with Crippen molar-refractivity contribution in [3.63, 3.8) is 0 Å². The van der Waals surface area contributed by atoms with Crippen molar-refractivity contribution in [2.75, 3.05) is 14.1 Å². The summed E-state index contributed by atoms with van der Waals surface area (Å²) in [6.07, 6.45) is -8.21. The van der Waals surface area contributed by atoms with Crippen molar-refractivity contribution in [1.29, 1.82) is 0 Å². The van der Waals surface area contributed by atoms with Crippen molar-refractivity contribution >= 4 is 18.3 Å². The van der Waals surface area contributed by atoms with Gasteiger partial charge in [-0.15, -0.1) is 0 Å². The first-order valence-corrected chi connectivity index (χ1v) is 15.8. The largest absolute Gasteiger partial charge is 0.509 e. The second-order valence-corrected chi connectivity index (χ2v) is 14.0. The average molecular weight is 630 g/mol. The highest BCUT2D eigenvalue weighted by Crippen LogP contribution is 2.45. The molecule has 13 heteroatoms. The monoisotopic (exact) mass is 629 g/mol. The predicted octanol–water partition coefficient (Wildman–Crippen LogP) is 3.02. The zero-order valence-corrected chi connectivity index (χ0v) is 27.6. The van der Waals surface area contributed by atoms with Crippen molar-refractivity contribution in [2.45, 2.75) is 141 Å². The van der Waals surface area contributed by atoms with Crippen LogP contribution in [0.25, 0.3) is 0 Å². The van der Waals surface area contributed by atoms with Crippen molar-refractivity contribution in [1.82, 2.24) is 4.90 Å². The molecule has 0 radical (unpaired) electrons. The maximum Gasteiger partial charge on any atom is 0.509 e. The summed E-state index contributed by atoms with van der Waals surface area (Å²) < 4.78 is 41.7. The van der Waals surface area contributed by atoms with Gasteiger partial charge in [-0.05, 0) is 67.0 Å². The second kappa shape index (κ2) is 12.9. The van der Waals surface area contributed by atoms with Crippen LogP contribution >= 0.6 is 0 Å². The normalized spacial score (nSPS) is 48.7. The number of hydrogen-bond donors (Lipinski definition) is 2. The number of hydrogen-bond acceptors (Lipinski definition) is 13. The van der Waals surface area contributed by atoms with E-state index in [9.17, 15) is 24.6 Å². The van der Waals surface area contributed by atoms with Crippen LogP contribution in [0.4, 0.5) is 9.59 Å². The summed E-state index contributed by atoms with van der Waals surface area (Å²) in [6.45, 7) is 13.9. The molecule has 0 aromatic heterocycles. The quantitative estimate of drug-likeness (QED) is 0.345. The van der Waals surface area contributed by atoms with Gasteiger partial charge in [0.1, 0.15) is 30.0 Å². The highest BCUT2D eigenvalue weighted by Gasteiger charge is 2.60. The van der Waals surface area contributed by atoms with Gasteiger partial charge in [-0.1, -0.05) is 27.7 Å². The van der Waals surface area contributed by atoms with Crippen LogP contribution in [0, 0.1) is 23.7 Å². The number of rotatable bonds is 4. The number of ether oxygens (including phenoxy) is 7. The van der Waals surface area contributed by atoms with Gasteiger partial charge in [0.2, 0.25) is 0 Å².